The maximum atomic E-state index is 13.9. The van der Waals surface area contributed by atoms with Crippen LogP contribution < -0.4 is 4.90 Å². The third-order valence-corrected chi connectivity index (χ3v) is 7.56. The zero-order valence-corrected chi connectivity index (χ0v) is 23.7. The average Bonchev–Trinajstić information content (AvgIpc) is 3.42. The Morgan fingerprint density at radius 3 is 2.10 bits per heavy atom. The monoisotopic (exact) mass is 560 g/mol. The number of anilines is 1. The standard InChI is InChI=1S/C30H36N6O5/c1-30(2,3)41-29(38)34-15-13-22(14-16-34)27-26(21-31-35(27)24-7-5-4-6-8-24)28(37)33-19-17-32(18-20-33)23-9-11-25(12-10-23)36(39)40/h4-12,21-22H,13-20H2,1-3H3. The van der Waals surface area contributed by atoms with Crippen molar-refractivity contribution in [2.45, 2.75) is 45.1 Å². The van der Waals surface area contributed by atoms with Crippen LogP contribution in [0.1, 0.15) is 55.6 Å². The second-order valence-electron chi connectivity index (χ2n) is 11.5. The van der Waals surface area contributed by atoms with Gasteiger partial charge in [-0.25, -0.2) is 9.48 Å². The Morgan fingerprint density at radius 2 is 1.51 bits per heavy atom. The van der Waals surface area contributed by atoms with E-state index in [1.165, 1.54) is 12.1 Å². The molecule has 2 aliphatic rings. The third kappa shape index (κ3) is 6.34. The highest BCUT2D eigenvalue weighted by atomic mass is 16.6. The van der Waals surface area contributed by atoms with E-state index < -0.39 is 10.5 Å². The molecule has 5 rings (SSSR count). The van der Waals surface area contributed by atoms with E-state index in [-0.39, 0.29) is 23.6 Å². The summed E-state index contributed by atoms with van der Waals surface area (Å²) in [6, 6.07) is 16.3. The van der Waals surface area contributed by atoms with Crippen molar-refractivity contribution in [3.05, 3.63) is 82.2 Å². The van der Waals surface area contributed by atoms with Crippen molar-refractivity contribution in [2.75, 3.05) is 44.2 Å². The molecule has 0 atom stereocenters. The highest BCUT2D eigenvalue weighted by molar-refractivity contribution is 5.95. The van der Waals surface area contributed by atoms with Crippen LogP contribution >= 0.6 is 0 Å². The molecule has 1 aromatic heterocycles. The minimum absolute atomic E-state index is 0.0525. The molecule has 0 N–H and O–H groups in total. The van der Waals surface area contributed by atoms with Gasteiger partial charge in [0, 0.05) is 63.0 Å². The first-order valence-electron chi connectivity index (χ1n) is 14.0. The normalized spacial score (nSPS) is 16.5. The van der Waals surface area contributed by atoms with Gasteiger partial charge in [0.2, 0.25) is 0 Å². The summed E-state index contributed by atoms with van der Waals surface area (Å²) < 4.78 is 7.44. The quantitative estimate of drug-likeness (QED) is 0.323. The lowest BCUT2D eigenvalue weighted by molar-refractivity contribution is -0.384. The Kier molecular flexibility index (Phi) is 7.96. The molecule has 0 bridgehead atoms. The fourth-order valence-corrected chi connectivity index (χ4v) is 5.48. The Balaban J connectivity index is 1.32. The predicted octanol–water partition coefficient (Wildman–Crippen LogP) is 4.86. The van der Waals surface area contributed by atoms with Gasteiger partial charge in [0.25, 0.3) is 11.6 Å². The number of nitrogens with zero attached hydrogens (tertiary/aromatic N) is 6. The summed E-state index contributed by atoms with van der Waals surface area (Å²) in [4.78, 5) is 42.8. The van der Waals surface area contributed by atoms with Crippen LogP contribution in [0, 0.1) is 10.1 Å². The lowest BCUT2D eigenvalue weighted by Crippen LogP contribution is -2.49. The van der Waals surface area contributed by atoms with Crippen LogP contribution in [-0.4, -0.2) is 81.4 Å². The smallest absolute Gasteiger partial charge is 0.410 e. The Labute approximate surface area is 239 Å². The molecule has 41 heavy (non-hydrogen) atoms. The number of rotatable bonds is 5. The van der Waals surface area contributed by atoms with Gasteiger partial charge in [-0.1, -0.05) is 18.2 Å². The predicted molar refractivity (Wildman–Crippen MR) is 155 cm³/mol. The molecule has 3 heterocycles. The molecule has 11 heteroatoms. The molecule has 2 aromatic carbocycles. The van der Waals surface area contributed by atoms with Gasteiger partial charge in [-0.3, -0.25) is 14.9 Å². The largest absolute Gasteiger partial charge is 0.444 e. The van der Waals surface area contributed by atoms with Gasteiger partial charge in [0.1, 0.15) is 5.60 Å². The molecular formula is C30H36N6O5. The van der Waals surface area contributed by atoms with Gasteiger partial charge >= 0.3 is 6.09 Å². The van der Waals surface area contributed by atoms with E-state index in [0.29, 0.717) is 57.7 Å². The number of piperidine rings is 1. The van der Waals surface area contributed by atoms with Crippen molar-refractivity contribution in [1.82, 2.24) is 19.6 Å². The Hall–Kier alpha value is -4.41. The molecule has 2 aliphatic heterocycles. The first-order valence-corrected chi connectivity index (χ1v) is 14.0. The number of carbonyl (C=O) groups excluding carboxylic acids is 2. The number of likely N-dealkylation sites (tertiary alicyclic amines) is 1. The van der Waals surface area contributed by atoms with Gasteiger partial charge in [0.15, 0.2) is 0 Å². The number of hydrogen-bond donors (Lipinski definition) is 0. The van der Waals surface area contributed by atoms with Crippen LogP contribution in [0.2, 0.25) is 0 Å². The number of piperazine rings is 1. The lowest BCUT2D eigenvalue weighted by atomic mass is 9.90. The van der Waals surface area contributed by atoms with E-state index in [0.717, 1.165) is 17.1 Å². The third-order valence-electron chi connectivity index (χ3n) is 7.56. The fourth-order valence-electron chi connectivity index (χ4n) is 5.48. The first-order chi connectivity index (χ1) is 19.6. The van der Waals surface area contributed by atoms with Crippen molar-refractivity contribution in [2.24, 2.45) is 0 Å². The highest BCUT2D eigenvalue weighted by Crippen LogP contribution is 2.33. The van der Waals surface area contributed by atoms with Gasteiger partial charge in [-0.05, 0) is 57.9 Å². The molecule has 0 spiro atoms. The summed E-state index contributed by atoms with van der Waals surface area (Å²) in [6.45, 7) is 8.98. The molecule has 3 aromatic rings. The SMILES string of the molecule is CC(C)(C)OC(=O)N1CCC(c2c(C(=O)N3CCN(c4ccc([N+](=O)[O-])cc4)CC3)cnn2-c2ccccc2)CC1. The highest BCUT2D eigenvalue weighted by Gasteiger charge is 2.34. The minimum atomic E-state index is -0.554. The zero-order valence-electron chi connectivity index (χ0n) is 23.7. The lowest BCUT2D eigenvalue weighted by Gasteiger charge is -2.37. The van der Waals surface area contributed by atoms with Crippen LogP contribution in [0.15, 0.2) is 60.8 Å². The second kappa shape index (κ2) is 11.6. The molecule has 0 radical (unpaired) electrons. The van der Waals surface area contributed by atoms with E-state index in [1.807, 2.05) is 60.7 Å². The van der Waals surface area contributed by atoms with Crippen molar-refractivity contribution in [1.29, 1.82) is 0 Å². The van der Waals surface area contributed by atoms with Crippen molar-refractivity contribution in [3.63, 3.8) is 0 Å². The van der Waals surface area contributed by atoms with E-state index in [4.69, 9.17) is 4.74 Å². The zero-order chi connectivity index (χ0) is 29.1. The van der Waals surface area contributed by atoms with Crippen molar-refractivity contribution < 1.29 is 19.2 Å². The topological polar surface area (TPSA) is 114 Å². The summed E-state index contributed by atoms with van der Waals surface area (Å²) in [5.74, 6) is -0.00292. The minimum Gasteiger partial charge on any atom is -0.444 e. The average molecular weight is 561 g/mol. The molecule has 0 aliphatic carbocycles. The number of carbonyl (C=O) groups is 2. The molecular weight excluding hydrogens is 524 g/mol. The molecule has 11 nitrogen and oxygen atoms in total. The number of ether oxygens (including phenoxy) is 1. The van der Waals surface area contributed by atoms with Gasteiger partial charge in [0.05, 0.1) is 28.1 Å². The maximum absolute atomic E-state index is 13.9. The van der Waals surface area contributed by atoms with E-state index >= 15 is 0 Å². The number of nitro benzene ring substituents is 1. The summed E-state index contributed by atoms with van der Waals surface area (Å²) >= 11 is 0. The maximum Gasteiger partial charge on any atom is 0.410 e. The summed E-state index contributed by atoms with van der Waals surface area (Å²) in [5.41, 5.74) is 2.76. The molecule has 0 unspecified atom stereocenters. The van der Waals surface area contributed by atoms with Crippen molar-refractivity contribution >= 4 is 23.4 Å². The summed E-state index contributed by atoms with van der Waals surface area (Å²) in [6.07, 6.45) is 2.76. The number of amides is 2. The fraction of sp³-hybridized carbons (Fsp3) is 0.433. The van der Waals surface area contributed by atoms with E-state index in [2.05, 4.69) is 10.00 Å². The first kappa shape index (κ1) is 28.1. The van der Waals surface area contributed by atoms with E-state index in [1.54, 1.807) is 23.2 Å². The van der Waals surface area contributed by atoms with Crippen LogP contribution in [0.5, 0.6) is 0 Å². The van der Waals surface area contributed by atoms with Crippen molar-refractivity contribution in [3.8, 4) is 5.69 Å². The van der Waals surface area contributed by atoms with Gasteiger partial charge in [-0.15, -0.1) is 0 Å². The van der Waals surface area contributed by atoms with Crippen LogP contribution in [0.4, 0.5) is 16.2 Å². The summed E-state index contributed by atoms with van der Waals surface area (Å²) in [7, 11) is 0. The molecule has 2 saturated heterocycles. The second-order valence-corrected chi connectivity index (χ2v) is 11.5. The number of non-ortho nitro benzene ring substituents is 1. The number of benzene rings is 2. The van der Waals surface area contributed by atoms with Gasteiger partial charge < -0.3 is 19.4 Å². The van der Waals surface area contributed by atoms with Gasteiger partial charge in [-0.2, -0.15) is 5.10 Å². The van der Waals surface area contributed by atoms with E-state index in [9.17, 15) is 19.7 Å². The number of hydrogen-bond acceptors (Lipinski definition) is 7. The number of para-hydroxylation sites is 1. The summed E-state index contributed by atoms with van der Waals surface area (Å²) in [5, 5.41) is 15.7. The Bertz CT molecular complexity index is 1380. The molecule has 2 fully saturated rings. The Morgan fingerprint density at radius 1 is 0.878 bits per heavy atom. The number of nitro groups is 1. The van der Waals surface area contributed by atoms with Crippen LogP contribution in [0.3, 0.4) is 0 Å². The molecule has 216 valence electrons. The molecule has 2 amide bonds. The molecule has 0 saturated carbocycles. The van der Waals surface area contributed by atoms with Crippen LogP contribution in [0.25, 0.3) is 5.69 Å². The number of aromatic nitrogens is 2. The van der Waals surface area contributed by atoms with Crippen LogP contribution in [-0.2, 0) is 4.74 Å².